The molecule has 1 atom stereocenters. The number of halogens is 2. The Kier molecular flexibility index (Phi) is 6.05. The normalized spacial score (nSPS) is 12.5. The van der Waals surface area contributed by atoms with E-state index in [-0.39, 0.29) is 16.3 Å². The number of nitro groups is 1. The molecule has 10 heteroatoms. The van der Waals surface area contributed by atoms with Gasteiger partial charge >= 0.3 is 0 Å². The van der Waals surface area contributed by atoms with Gasteiger partial charge in [0.05, 0.1) is 15.5 Å². The number of hydrogen-bond acceptors (Lipinski definition) is 5. The van der Waals surface area contributed by atoms with Crippen LogP contribution in [0.5, 0.6) is 0 Å². The summed E-state index contributed by atoms with van der Waals surface area (Å²) in [6, 6.07) is 8.40. The number of carbonyl (C=O) groups is 1. The highest BCUT2D eigenvalue weighted by atomic mass is 79.9. The van der Waals surface area contributed by atoms with Crippen molar-refractivity contribution in [3.05, 3.63) is 62.6 Å². The van der Waals surface area contributed by atoms with Gasteiger partial charge in [0.2, 0.25) is 5.24 Å². The van der Waals surface area contributed by atoms with Crippen molar-refractivity contribution < 1.29 is 18.1 Å². The molecule has 7 nitrogen and oxygen atoms in total. The molecule has 0 saturated heterocycles. The van der Waals surface area contributed by atoms with E-state index in [0.717, 1.165) is 4.31 Å². The fourth-order valence-corrected chi connectivity index (χ4v) is 4.46. The predicted octanol–water partition coefficient (Wildman–Crippen LogP) is 4.01. The van der Waals surface area contributed by atoms with E-state index >= 15 is 0 Å². The monoisotopic (exact) mass is 460 g/mol. The van der Waals surface area contributed by atoms with Gasteiger partial charge in [0.25, 0.3) is 15.7 Å². The van der Waals surface area contributed by atoms with Crippen LogP contribution in [-0.4, -0.2) is 24.6 Å². The SMILES string of the molecule is Cc1cc([N+](=O)[O-])ccc1N(C(C)C(=O)Cl)S(=O)(=O)c1ccc(Br)cc1. The van der Waals surface area contributed by atoms with E-state index in [9.17, 15) is 23.3 Å². The van der Waals surface area contributed by atoms with Crippen LogP contribution in [-0.2, 0) is 14.8 Å². The Morgan fingerprint density at radius 3 is 2.27 bits per heavy atom. The van der Waals surface area contributed by atoms with E-state index in [1.165, 1.54) is 44.2 Å². The first kappa shape index (κ1) is 20.3. The number of carbonyl (C=O) groups excluding carboxylic acids is 1. The smallest absolute Gasteiger partial charge is 0.269 e. The lowest BCUT2D eigenvalue weighted by molar-refractivity contribution is -0.384. The molecule has 0 heterocycles. The molecule has 0 radical (unpaired) electrons. The highest BCUT2D eigenvalue weighted by Gasteiger charge is 2.34. The van der Waals surface area contributed by atoms with E-state index in [1.54, 1.807) is 12.1 Å². The minimum Gasteiger partial charge on any atom is -0.279 e. The van der Waals surface area contributed by atoms with Crippen LogP contribution in [0.15, 0.2) is 51.8 Å². The molecule has 0 saturated carbocycles. The van der Waals surface area contributed by atoms with Crippen LogP contribution in [0.25, 0.3) is 0 Å². The van der Waals surface area contributed by atoms with Crippen LogP contribution < -0.4 is 4.31 Å². The Morgan fingerprint density at radius 1 is 1.23 bits per heavy atom. The van der Waals surface area contributed by atoms with Gasteiger partial charge in [0, 0.05) is 16.6 Å². The van der Waals surface area contributed by atoms with Crippen molar-refractivity contribution in [3.8, 4) is 0 Å². The van der Waals surface area contributed by atoms with Gasteiger partial charge in [-0.25, -0.2) is 8.42 Å². The molecule has 1 unspecified atom stereocenters. The van der Waals surface area contributed by atoms with Crippen LogP contribution in [0.2, 0.25) is 0 Å². The van der Waals surface area contributed by atoms with Crippen molar-refractivity contribution in [1.29, 1.82) is 0 Å². The maximum absolute atomic E-state index is 13.1. The minimum absolute atomic E-state index is 0.0387. The van der Waals surface area contributed by atoms with Crippen molar-refractivity contribution in [2.45, 2.75) is 24.8 Å². The molecule has 0 aliphatic carbocycles. The Labute approximate surface area is 163 Å². The van der Waals surface area contributed by atoms with Crippen molar-refractivity contribution in [2.75, 3.05) is 4.31 Å². The third-order valence-electron chi connectivity index (χ3n) is 3.68. The molecule has 138 valence electrons. The lowest BCUT2D eigenvalue weighted by Crippen LogP contribution is -2.42. The van der Waals surface area contributed by atoms with E-state index < -0.39 is 26.2 Å². The van der Waals surface area contributed by atoms with Crippen LogP contribution >= 0.6 is 27.5 Å². The number of anilines is 1. The summed E-state index contributed by atoms with van der Waals surface area (Å²) in [4.78, 5) is 22.0. The number of sulfonamides is 1. The molecule has 2 aromatic carbocycles. The highest BCUT2D eigenvalue weighted by molar-refractivity contribution is 9.10. The molecule has 0 aliphatic rings. The average Bonchev–Trinajstić information content (AvgIpc) is 2.56. The van der Waals surface area contributed by atoms with Crippen LogP contribution in [0.4, 0.5) is 11.4 Å². The van der Waals surface area contributed by atoms with Crippen molar-refractivity contribution in [3.63, 3.8) is 0 Å². The first-order valence-electron chi connectivity index (χ1n) is 7.30. The maximum Gasteiger partial charge on any atom is 0.269 e. The standard InChI is InChI=1S/C16H14BrClN2O5S/c1-10-9-13(20(22)23)5-8-15(10)19(11(2)16(18)21)26(24,25)14-6-3-12(17)4-7-14/h3-9,11H,1-2H3. The van der Waals surface area contributed by atoms with Crippen LogP contribution in [0.1, 0.15) is 12.5 Å². The molecule has 2 rings (SSSR count). The summed E-state index contributed by atoms with van der Waals surface area (Å²) in [6.45, 7) is 2.88. The number of nitro benzene ring substituents is 1. The predicted molar refractivity (Wildman–Crippen MR) is 102 cm³/mol. The second-order valence-electron chi connectivity index (χ2n) is 5.46. The van der Waals surface area contributed by atoms with Gasteiger partial charge in [0.15, 0.2) is 0 Å². The highest BCUT2D eigenvalue weighted by Crippen LogP contribution is 2.32. The molecule has 0 aliphatic heterocycles. The van der Waals surface area contributed by atoms with Crippen molar-refractivity contribution in [1.82, 2.24) is 0 Å². The molecule has 0 N–H and O–H groups in total. The van der Waals surface area contributed by atoms with E-state index in [2.05, 4.69) is 15.9 Å². The van der Waals surface area contributed by atoms with E-state index in [4.69, 9.17) is 11.6 Å². The van der Waals surface area contributed by atoms with Crippen molar-refractivity contribution >= 4 is 54.2 Å². The first-order valence-corrected chi connectivity index (χ1v) is 9.91. The van der Waals surface area contributed by atoms with Gasteiger partial charge in [-0.1, -0.05) is 15.9 Å². The minimum atomic E-state index is -4.13. The molecule has 26 heavy (non-hydrogen) atoms. The Morgan fingerprint density at radius 2 is 1.81 bits per heavy atom. The fourth-order valence-electron chi connectivity index (χ4n) is 2.36. The number of aryl methyl sites for hydroxylation is 1. The van der Waals surface area contributed by atoms with Gasteiger partial charge in [-0.15, -0.1) is 0 Å². The van der Waals surface area contributed by atoms with Gasteiger partial charge < -0.3 is 0 Å². The lowest BCUT2D eigenvalue weighted by atomic mass is 10.1. The number of non-ortho nitro benzene ring substituents is 1. The van der Waals surface area contributed by atoms with Crippen LogP contribution in [0, 0.1) is 17.0 Å². The topological polar surface area (TPSA) is 97.6 Å². The number of benzene rings is 2. The molecule has 0 spiro atoms. The summed E-state index contributed by atoms with van der Waals surface area (Å²) in [5.41, 5.74) is 0.279. The Hall–Kier alpha value is -1.97. The molecule has 0 bridgehead atoms. The maximum atomic E-state index is 13.1. The Bertz CT molecular complexity index is 963. The van der Waals surface area contributed by atoms with Crippen molar-refractivity contribution in [2.24, 2.45) is 0 Å². The van der Waals surface area contributed by atoms with E-state index in [0.29, 0.717) is 10.0 Å². The second kappa shape index (κ2) is 7.73. The van der Waals surface area contributed by atoms with Gasteiger partial charge in [-0.3, -0.25) is 19.2 Å². The second-order valence-corrected chi connectivity index (χ2v) is 8.57. The number of rotatable bonds is 6. The quantitative estimate of drug-likeness (QED) is 0.368. The molecule has 0 aromatic heterocycles. The molecular weight excluding hydrogens is 448 g/mol. The molecule has 2 aromatic rings. The third kappa shape index (κ3) is 4.05. The number of nitrogens with zero attached hydrogens (tertiary/aromatic N) is 2. The fraction of sp³-hybridized carbons (Fsp3) is 0.188. The zero-order valence-corrected chi connectivity index (χ0v) is 16.9. The summed E-state index contributed by atoms with van der Waals surface area (Å²) < 4.78 is 27.8. The molecule has 0 amide bonds. The largest absolute Gasteiger partial charge is 0.279 e. The zero-order valence-electron chi connectivity index (χ0n) is 13.7. The Balaban J connectivity index is 2.66. The molecular formula is C16H14BrClN2O5S. The summed E-state index contributed by atoms with van der Waals surface area (Å²) in [7, 11) is -4.13. The summed E-state index contributed by atoms with van der Waals surface area (Å²) >= 11 is 8.80. The number of hydrogen-bond donors (Lipinski definition) is 0. The summed E-state index contributed by atoms with van der Waals surface area (Å²) in [5, 5.41) is 10.0. The third-order valence-corrected chi connectivity index (χ3v) is 6.42. The summed E-state index contributed by atoms with van der Waals surface area (Å²) in [5.74, 6) is 0. The first-order chi connectivity index (χ1) is 12.1. The zero-order chi connectivity index (χ0) is 19.6. The van der Waals surface area contributed by atoms with E-state index in [1.807, 2.05) is 0 Å². The molecule has 0 fully saturated rings. The van der Waals surface area contributed by atoms with Gasteiger partial charge in [-0.05, 0) is 61.3 Å². The summed E-state index contributed by atoms with van der Waals surface area (Å²) in [6.07, 6.45) is 0. The van der Waals surface area contributed by atoms with Crippen LogP contribution in [0.3, 0.4) is 0 Å². The average molecular weight is 462 g/mol. The van der Waals surface area contributed by atoms with Gasteiger partial charge in [-0.2, -0.15) is 0 Å². The lowest BCUT2D eigenvalue weighted by Gasteiger charge is -2.29. The van der Waals surface area contributed by atoms with Gasteiger partial charge in [0.1, 0.15) is 6.04 Å².